The molecule has 3 nitrogen and oxygen atoms in total. The molecule has 0 saturated carbocycles. The third-order valence-corrected chi connectivity index (χ3v) is 7.19. The van der Waals surface area contributed by atoms with Gasteiger partial charge in [0.1, 0.15) is 11.6 Å². The highest BCUT2D eigenvalue weighted by molar-refractivity contribution is 5.81. The fraction of sp³-hybridized carbons (Fsp3) is 0.536. The number of piperidine rings is 2. The quantitative estimate of drug-likeness (QED) is 0.535. The molecule has 0 bridgehead atoms. The van der Waals surface area contributed by atoms with Crippen molar-refractivity contribution in [3.05, 3.63) is 59.4 Å². The first-order chi connectivity index (χ1) is 15.6. The van der Waals surface area contributed by atoms with E-state index in [1.807, 2.05) is 37.3 Å². The number of carbonyl (C=O) groups is 1. The van der Waals surface area contributed by atoms with Crippen molar-refractivity contribution in [3.8, 4) is 11.1 Å². The zero-order valence-corrected chi connectivity index (χ0v) is 19.5. The molecule has 2 aliphatic rings. The van der Waals surface area contributed by atoms with Gasteiger partial charge in [-0.25, -0.2) is 4.39 Å². The van der Waals surface area contributed by atoms with Crippen LogP contribution >= 0.6 is 0 Å². The maximum Gasteiger partial charge on any atom is 0.137 e. The van der Waals surface area contributed by atoms with E-state index < -0.39 is 0 Å². The summed E-state index contributed by atoms with van der Waals surface area (Å²) in [6.45, 7) is 7.89. The number of nitrogens with zero attached hydrogens (tertiary/aromatic N) is 2. The summed E-state index contributed by atoms with van der Waals surface area (Å²) in [5.74, 6) is -0.0496. The minimum atomic E-state index is -0.254. The number of aryl methyl sites for hydroxylation is 1. The predicted octanol–water partition coefficient (Wildman–Crippen LogP) is 5.64. The molecular formula is C28H37FN2O. The van der Waals surface area contributed by atoms with Crippen LogP contribution in [0.3, 0.4) is 0 Å². The Morgan fingerprint density at radius 2 is 1.69 bits per heavy atom. The fourth-order valence-corrected chi connectivity index (χ4v) is 5.24. The second-order valence-electron chi connectivity index (χ2n) is 9.67. The molecule has 4 rings (SSSR count). The molecule has 0 amide bonds. The zero-order chi connectivity index (χ0) is 22.3. The van der Waals surface area contributed by atoms with Crippen LogP contribution in [0.15, 0.2) is 42.5 Å². The largest absolute Gasteiger partial charge is 0.303 e. The van der Waals surface area contributed by atoms with Gasteiger partial charge >= 0.3 is 0 Å². The standard InChI is InChI=1S/C28H37FN2O/c1-22-7-10-24(11-8-22)27-12-9-23(21-28(27)29)20-26(32)6-5-15-30-18-13-25(14-19-30)31-16-3-2-4-17-31/h7-12,21,25H,2-6,13-20H2,1H3. The maximum absolute atomic E-state index is 14.6. The zero-order valence-electron chi connectivity index (χ0n) is 19.5. The molecule has 32 heavy (non-hydrogen) atoms. The van der Waals surface area contributed by atoms with Gasteiger partial charge in [-0.3, -0.25) is 4.79 Å². The normalized spacial score (nSPS) is 18.7. The van der Waals surface area contributed by atoms with Crippen LogP contribution in [-0.2, 0) is 11.2 Å². The summed E-state index contributed by atoms with van der Waals surface area (Å²) in [5.41, 5.74) is 3.39. The molecule has 0 radical (unpaired) electrons. The Bertz CT molecular complexity index is 881. The first-order valence-electron chi connectivity index (χ1n) is 12.4. The van der Waals surface area contributed by atoms with E-state index in [2.05, 4.69) is 9.80 Å². The van der Waals surface area contributed by atoms with Crippen LogP contribution in [-0.4, -0.2) is 54.3 Å². The molecule has 0 unspecified atom stereocenters. The predicted molar refractivity (Wildman–Crippen MR) is 129 cm³/mol. The first-order valence-corrected chi connectivity index (χ1v) is 12.4. The lowest BCUT2D eigenvalue weighted by atomic mass is 9.98. The van der Waals surface area contributed by atoms with E-state index in [1.165, 1.54) is 51.3 Å². The number of benzene rings is 2. The van der Waals surface area contributed by atoms with Crippen LogP contribution < -0.4 is 0 Å². The van der Waals surface area contributed by atoms with Gasteiger partial charge in [0.25, 0.3) is 0 Å². The number of likely N-dealkylation sites (tertiary alicyclic amines) is 2. The summed E-state index contributed by atoms with van der Waals surface area (Å²) < 4.78 is 14.6. The van der Waals surface area contributed by atoms with Crippen LogP contribution in [0, 0.1) is 12.7 Å². The average molecular weight is 437 g/mol. The summed E-state index contributed by atoms with van der Waals surface area (Å²) in [7, 11) is 0. The first kappa shape index (κ1) is 23.1. The van der Waals surface area contributed by atoms with Crippen molar-refractivity contribution in [2.24, 2.45) is 0 Å². The number of rotatable bonds is 8. The Morgan fingerprint density at radius 1 is 0.969 bits per heavy atom. The van der Waals surface area contributed by atoms with E-state index >= 15 is 0 Å². The summed E-state index contributed by atoms with van der Waals surface area (Å²) in [5, 5.41) is 0. The topological polar surface area (TPSA) is 23.6 Å². The lowest BCUT2D eigenvalue weighted by molar-refractivity contribution is -0.118. The molecule has 0 spiro atoms. The third kappa shape index (κ3) is 6.26. The molecule has 0 aliphatic carbocycles. The summed E-state index contributed by atoms with van der Waals surface area (Å²) in [6, 6.07) is 13.8. The second-order valence-corrected chi connectivity index (χ2v) is 9.67. The number of Topliss-reactive ketones (excluding diaryl/α,β-unsaturated/α-hetero) is 1. The van der Waals surface area contributed by atoms with E-state index in [0.29, 0.717) is 18.4 Å². The number of ketones is 1. The van der Waals surface area contributed by atoms with Crippen molar-refractivity contribution in [1.82, 2.24) is 9.80 Å². The summed E-state index contributed by atoms with van der Waals surface area (Å²) >= 11 is 0. The number of carbonyl (C=O) groups excluding carboxylic acids is 1. The third-order valence-electron chi connectivity index (χ3n) is 7.19. The molecular weight excluding hydrogens is 399 g/mol. The highest BCUT2D eigenvalue weighted by atomic mass is 19.1. The molecule has 2 aliphatic heterocycles. The second kappa shape index (κ2) is 11.2. The van der Waals surface area contributed by atoms with Gasteiger partial charge in [0, 0.05) is 24.4 Å². The highest BCUT2D eigenvalue weighted by Crippen LogP contribution is 2.25. The van der Waals surface area contributed by atoms with Crippen molar-refractivity contribution >= 4 is 5.78 Å². The van der Waals surface area contributed by atoms with E-state index in [-0.39, 0.29) is 11.6 Å². The van der Waals surface area contributed by atoms with Crippen molar-refractivity contribution in [2.75, 3.05) is 32.7 Å². The van der Waals surface area contributed by atoms with Gasteiger partial charge in [-0.05, 0) is 88.9 Å². The molecule has 2 aromatic rings. The number of hydrogen-bond acceptors (Lipinski definition) is 3. The SMILES string of the molecule is Cc1ccc(-c2ccc(CC(=O)CCCN3CCC(N4CCCCC4)CC3)cc2F)cc1. The van der Waals surface area contributed by atoms with Crippen molar-refractivity contribution in [1.29, 1.82) is 0 Å². The minimum Gasteiger partial charge on any atom is -0.303 e. The van der Waals surface area contributed by atoms with Crippen LogP contribution in [0.1, 0.15) is 56.1 Å². The van der Waals surface area contributed by atoms with Crippen molar-refractivity contribution in [3.63, 3.8) is 0 Å². The van der Waals surface area contributed by atoms with Gasteiger partial charge in [-0.2, -0.15) is 0 Å². The van der Waals surface area contributed by atoms with Crippen LogP contribution in [0.5, 0.6) is 0 Å². The van der Waals surface area contributed by atoms with Gasteiger partial charge < -0.3 is 9.80 Å². The van der Waals surface area contributed by atoms with Gasteiger partial charge in [0.15, 0.2) is 0 Å². The highest BCUT2D eigenvalue weighted by Gasteiger charge is 2.25. The molecule has 172 valence electrons. The Morgan fingerprint density at radius 3 is 2.38 bits per heavy atom. The average Bonchev–Trinajstić information content (AvgIpc) is 2.81. The van der Waals surface area contributed by atoms with E-state index in [9.17, 15) is 9.18 Å². The Balaban J connectivity index is 1.18. The monoisotopic (exact) mass is 436 g/mol. The van der Waals surface area contributed by atoms with E-state index in [1.54, 1.807) is 6.07 Å². The maximum atomic E-state index is 14.6. The molecule has 0 aromatic heterocycles. The van der Waals surface area contributed by atoms with E-state index in [4.69, 9.17) is 0 Å². The molecule has 0 N–H and O–H groups in total. The van der Waals surface area contributed by atoms with E-state index in [0.717, 1.165) is 48.8 Å². The number of hydrogen-bond donors (Lipinski definition) is 0. The molecule has 2 heterocycles. The van der Waals surface area contributed by atoms with Crippen molar-refractivity contribution < 1.29 is 9.18 Å². The van der Waals surface area contributed by atoms with Gasteiger partial charge in [0.05, 0.1) is 0 Å². The molecule has 0 atom stereocenters. The van der Waals surface area contributed by atoms with Crippen LogP contribution in [0.25, 0.3) is 11.1 Å². The van der Waals surface area contributed by atoms with Crippen molar-refractivity contribution in [2.45, 2.75) is 64.3 Å². The summed E-state index contributed by atoms with van der Waals surface area (Å²) in [4.78, 5) is 17.7. The smallest absolute Gasteiger partial charge is 0.137 e. The lowest BCUT2D eigenvalue weighted by Crippen LogP contribution is -2.46. The lowest BCUT2D eigenvalue weighted by Gasteiger charge is -2.40. The molecule has 4 heteroatoms. The fourth-order valence-electron chi connectivity index (χ4n) is 5.24. The van der Waals surface area contributed by atoms with Gasteiger partial charge in [-0.15, -0.1) is 0 Å². The number of halogens is 1. The van der Waals surface area contributed by atoms with Crippen LogP contribution in [0.2, 0.25) is 0 Å². The molecule has 2 fully saturated rings. The molecule has 2 saturated heterocycles. The Hall–Kier alpha value is -2.04. The summed E-state index contributed by atoms with van der Waals surface area (Å²) in [6.07, 6.45) is 8.45. The Kier molecular flexibility index (Phi) is 8.10. The minimum absolute atomic E-state index is 0.204. The van der Waals surface area contributed by atoms with Gasteiger partial charge in [-0.1, -0.05) is 48.4 Å². The Labute approximate surface area is 192 Å². The van der Waals surface area contributed by atoms with Crippen LogP contribution in [0.4, 0.5) is 4.39 Å². The van der Waals surface area contributed by atoms with Gasteiger partial charge in [0.2, 0.25) is 0 Å². The molecule has 2 aromatic carbocycles.